The number of benzene rings is 3. The van der Waals surface area contributed by atoms with Crippen LogP contribution in [0.15, 0.2) is 83.9 Å². The van der Waals surface area contributed by atoms with Gasteiger partial charge in [0.25, 0.3) is 5.69 Å². The number of aliphatic hydroxyl groups is 1. The summed E-state index contributed by atoms with van der Waals surface area (Å²) in [7, 11) is -2.68. The number of nitrogens with zero attached hydrogens (tertiary/aromatic N) is 3. The molecule has 1 atom stereocenters. The molecule has 5 rings (SSSR count). The predicted molar refractivity (Wildman–Crippen MR) is 179 cm³/mol. The number of β-amino-alcohol motifs (C(OH)–C–C–N with tert-alkyl or cyclic N) is 1. The predicted octanol–water partition coefficient (Wildman–Crippen LogP) is 5.87. The zero-order chi connectivity index (χ0) is 36.3. The summed E-state index contributed by atoms with van der Waals surface area (Å²) in [6.45, 7) is 0.971. The first-order chi connectivity index (χ1) is 23.7. The van der Waals surface area contributed by atoms with Gasteiger partial charge in [0.15, 0.2) is 9.84 Å². The van der Waals surface area contributed by atoms with Crippen LogP contribution in [0, 0.1) is 10.1 Å². The summed E-state index contributed by atoms with van der Waals surface area (Å²) in [4.78, 5) is 23.9. The highest BCUT2D eigenvalue weighted by Crippen LogP contribution is 2.44. The number of aromatic nitrogens is 1. The Kier molecular flexibility index (Phi) is 10.7. The fourth-order valence-corrected chi connectivity index (χ4v) is 8.09. The molecule has 0 radical (unpaired) electrons. The van der Waals surface area contributed by atoms with Crippen LogP contribution in [0.4, 0.5) is 18.9 Å². The van der Waals surface area contributed by atoms with E-state index in [9.17, 15) is 41.6 Å². The minimum atomic E-state index is -5.15. The summed E-state index contributed by atoms with van der Waals surface area (Å²) >= 11 is 0. The summed E-state index contributed by atoms with van der Waals surface area (Å²) in [5.74, 6) is -0.508. The maximum atomic E-state index is 14.9. The number of likely N-dealkylation sites (tertiary alicyclic amines) is 1. The molecule has 50 heavy (non-hydrogen) atoms. The number of alkyl halides is 3. The third kappa shape index (κ3) is 7.54. The molecule has 1 fully saturated rings. The van der Waals surface area contributed by atoms with Crippen LogP contribution >= 0.6 is 0 Å². The second-order valence-corrected chi connectivity index (χ2v) is 14.2. The lowest BCUT2D eigenvalue weighted by Crippen LogP contribution is -2.53. The van der Waals surface area contributed by atoms with Crippen molar-refractivity contribution in [3.63, 3.8) is 0 Å². The third-order valence-corrected chi connectivity index (χ3v) is 11.1. The van der Waals surface area contributed by atoms with E-state index in [1.54, 1.807) is 37.3 Å². The maximum Gasteiger partial charge on any atom is 0.422 e. The molecule has 1 aliphatic heterocycles. The Labute approximate surface area is 286 Å². The molecule has 2 heterocycles. The van der Waals surface area contributed by atoms with E-state index in [-0.39, 0.29) is 66.3 Å². The molecule has 1 aromatic heterocycles. The van der Waals surface area contributed by atoms with Gasteiger partial charge in [-0.25, -0.2) is 13.2 Å². The number of hydrogen-bond donors (Lipinski definition) is 1. The number of halogens is 3. The Bertz CT molecular complexity index is 2010. The van der Waals surface area contributed by atoms with Gasteiger partial charge >= 0.3 is 12.1 Å². The molecule has 1 unspecified atom stereocenters. The van der Waals surface area contributed by atoms with Crippen molar-refractivity contribution in [2.24, 2.45) is 0 Å². The van der Waals surface area contributed by atoms with Gasteiger partial charge in [-0.05, 0) is 68.3 Å². The number of hydrogen-bond acceptors (Lipinski definition) is 9. The summed E-state index contributed by atoms with van der Waals surface area (Å²) in [5.41, 5.74) is -2.76. The summed E-state index contributed by atoms with van der Waals surface area (Å²) in [6.07, 6.45) is -1.32. The van der Waals surface area contributed by atoms with Gasteiger partial charge in [-0.2, -0.15) is 13.2 Å². The molecular formula is C35H36F3N3O8S. The number of sulfone groups is 1. The number of ether oxygens (including phenoxy) is 2. The number of carbonyl (C=O) groups is 1. The summed E-state index contributed by atoms with van der Waals surface area (Å²) < 4.78 is 83.8. The Morgan fingerprint density at radius 2 is 1.78 bits per heavy atom. The van der Waals surface area contributed by atoms with E-state index in [4.69, 9.17) is 9.47 Å². The van der Waals surface area contributed by atoms with E-state index in [0.29, 0.717) is 5.56 Å². The number of nitro groups is 1. The van der Waals surface area contributed by atoms with Crippen molar-refractivity contribution < 1.29 is 45.9 Å². The average Bonchev–Trinajstić information content (AvgIpc) is 3.45. The number of carbonyl (C=O) groups excluding carboxylic acids is 1. The highest BCUT2D eigenvalue weighted by molar-refractivity contribution is 7.92. The highest BCUT2D eigenvalue weighted by atomic mass is 32.2. The molecule has 1 N–H and O–H groups in total. The van der Waals surface area contributed by atoms with Gasteiger partial charge in [-0.15, -0.1) is 0 Å². The van der Waals surface area contributed by atoms with Crippen LogP contribution < -0.4 is 4.74 Å². The first kappa shape index (κ1) is 36.5. The largest absolute Gasteiger partial charge is 0.495 e. The van der Waals surface area contributed by atoms with E-state index in [1.165, 1.54) is 65.3 Å². The van der Waals surface area contributed by atoms with Crippen LogP contribution in [0.2, 0.25) is 0 Å². The molecule has 0 bridgehead atoms. The molecule has 266 valence electrons. The number of methoxy groups -OCH3 is 1. The molecule has 15 heteroatoms. The Morgan fingerprint density at radius 1 is 1.08 bits per heavy atom. The second-order valence-electron chi connectivity index (χ2n) is 12.0. The van der Waals surface area contributed by atoms with Gasteiger partial charge in [0, 0.05) is 48.4 Å². The number of esters is 1. The third-order valence-electron chi connectivity index (χ3n) is 8.81. The Balaban J connectivity index is 1.39. The number of fused-ring (bicyclic) bond motifs is 1. The van der Waals surface area contributed by atoms with Crippen LogP contribution in [-0.2, 0) is 31.5 Å². The zero-order valence-electron chi connectivity index (χ0n) is 27.3. The molecule has 1 aliphatic rings. The van der Waals surface area contributed by atoms with Gasteiger partial charge in [0.1, 0.15) is 10.6 Å². The molecular weight excluding hydrogens is 679 g/mol. The topological polar surface area (TPSA) is 141 Å². The molecule has 3 aromatic carbocycles. The first-order valence-corrected chi connectivity index (χ1v) is 17.3. The van der Waals surface area contributed by atoms with Crippen LogP contribution in [-0.4, -0.2) is 78.7 Å². The smallest absolute Gasteiger partial charge is 0.422 e. The second kappa shape index (κ2) is 14.6. The average molecular weight is 716 g/mol. The van der Waals surface area contributed by atoms with Crippen molar-refractivity contribution in [1.29, 1.82) is 0 Å². The van der Waals surface area contributed by atoms with Crippen LogP contribution in [0.1, 0.15) is 36.5 Å². The van der Waals surface area contributed by atoms with Gasteiger partial charge in [0.2, 0.25) is 5.60 Å². The number of nitro benzene ring substituents is 1. The summed E-state index contributed by atoms with van der Waals surface area (Å²) in [5, 5.41) is 22.2. The molecule has 4 aromatic rings. The summed E-state index contributed by atoms with van der Waals surface area (Å²) in [6, 6.07) is 16.7. The van der Waals surface area contributed by atoms with Crippen LogP contribution in [0.5, 0.6) is 5.75 Å². The molecule has 1 saturated heterocycles. The minimum absolute atomic E-state index is 0.00804. The minimum Gasteiger partial charge on any atom is -0.495 e. The molecule has 11 nitrogen and oxygen atoms in total. The van der Waals surface area contributed by atoms with Crippen molar-refractivity contribution in [3.05, 3.63) is 106 Å². The van der Waals surface area contributed by atoms with Crippen molar-refractivity contribution in [1.82, 2.24) is 9.47 Å². The quantitative estimate of drug-likeness (QED) is 0.0825. The highest BCUT2D eigenvalue weighted by Gasteiger charge is 2.57. The normalized spacial score (nSPS) is 16.0. The van der Waals surface area contributed by atoms with E-state index < -0.39 is 49.9 Å². The lowest BCUT2D eigenvalue weighted by molar-refractivity contribution is -0.384. The molecule has 0 saturated carbocycles. The molecule has 0 spiro atoms. The number of non-ortho nitro benzene ring substituents is 1. The molecule has 0 amide bonds. The number of rotatable bonds is 12. The molecule has 0 aliphatic carbocycles. The Hall–Kier alpha value is -4.73. The fraction of sp³-hybridized carbons (Fsp3) is 0.343. The van der Waals surface area contributed by atoms with Gasteiger partial charge in [-0.3, -0.25) is 15.0 Å². The van der Waals surface area contributed by atoms with E-state index >= 15 is 0 Å². The van der Waals surface area contributed by atoms with Gasteiger partial charge < -0.3 is 19.1 Å². The SMILES string of the molecule is CCOC(=O)C=Cc1ccc(S(=O)(=O)C2CCN(CC(O)(c3cn(Cc4ccccc4)c4cc([N+](=O)[O-])ccc34)C(F)(F)F)CC2)c(OC)c1. The lowest BCUT2D eigenvalue weighted by Gasteiger charge is -2.38. The van der Waals surface area contributed by atoms with Crippen molar-refractivity contribution in [2.75, 3.05) is 33.4 Å². The van der Waals surface area contributed by atoms with E-state index in [2.05, 4.69) is 0 Å². The number of piperidine rings is 1. The standard InChI is InChI=1S/C35H36F3N3O8S/c1-3-49-33(42)14-10-24-9-13-32(31(19-24)48-2)50(46,47)27-15-17-39(18-16-27)23-34(43,35(36,37)38)29-22-40(21-25-7-5-4-6-8-25)30-20-26(41(44)45)11-12-28(29)30/h4-14,19-20,22,27,43H,3,15-18,21,23H2,1-2H3. The van der Waals surface area contributed by atoms with Crippen molar-refractivity contribution in [2.45, 2.75) is 48.2 Å². The maximum absolute atomic E-state index is 14.9. The van der Waals surface area contributed by atoms with Gasteiger partial charge in [-0.1, -0.05) is 36.4 Å². The van der Waals surface area contributed by atoms with Crippen LogP contribution in [0.25, 0.3) is 17.0 Å². The van der Waals surface area contributed by atoms with Gasteiger partial charge in [0.05, 0.1) is 29.4 Å². The first-order valence-electron chi connectivity index (χ1n) is 15.8. The fourth-order valence-electron chi connectivity index (χ4n) is 6.22. The van der Waals surface area contributed by atoms with Crippen molar-refractivity contribution in [3.8, 4) is 5.75 Å². The monoisotopic (exact) mass is 715 g/mol. The van der Waals surface area contributed by atoms with E-state index in [0.717, 1.165) is 11.6 Å². The lowest BCUT2D eigenvalue weighted by atomic mass is 9.91. The van der Waals surface area contributed by atoms with Crippen molar-refractivity contribution >= 4 is 38.5 Å². The zero-order valence-corrected chi connectivity index (χ0v) is 28.1. The Morgan fingerprint density at radius 3 is 2.40 bits per heavy atom. The van der Waals surface area contributed by atoms with E-state index in [1.807, 2.05) is 0 Å². The van der Waals surface area contributed by atoms with Crippen LogP contribution in [0.3, 0.4) is 0 Å².